The lowest BCUT2D eigenvalue weighted by Gasteiger charge is -2.27. The highest BCUT2D eigenvalue weighted by Gasteiger charge is 2.36. The number of aromatic nitrogens is 2. The Bertz CT molecular complexity index is 1980. The van der Waals surface area contributed by atoms with E-state index >= 15 is 0 Å². The third kappa shape index (κ3) is 5.62. The molecule has 0 amide bonds. The Morgan fingerprint density at radius 3 is 2.48 bits per heavy atom. The van der Waals surface area contributed by atoms with E-state index in [0.717, 1.165) is 29.1 Å². The number of hydrogen-bond acceptors (Lipinski definition) is 7. The Kier molecular flexibility index (Phi) is 8.94. The highest BCUT2D eigenvalue weighted by molar-refractivity contribution is 7.07. The molecule has 9 nitrogen and oxygen atoms in total. The first kappa shape index (κ1) is 31.0. The van der Waals surface area contributed by atoms with Gasteiger partial charge in [-0.05, 0) is 87.4 Å². The number of hydrogen-bond donors (Lipinski definition) is 1. The zero-order valence-electron chi connectivity index (χ0n) is 25.0. The Morgan fingerprint density at radius 2 is 1.84 bits per heavy atom. The van der Waals surface area contributed by atoms with E-state index < -0.39 is 18.0 Å². The number of ether oxygens (including phenoxy) is 2. The van der Waals surface area contributed by atoms with Gasteiger partial charge < -0.3 is 19.1 Å². The van der Waals surface area contributed by atoms with Crippen molar-refractivity contribution in [1.29, 1.82) is 0 Å². The molecule has 3 heterocycles. The number of rotatable bonds is 9. The number of nitrogens with zero attached hydrogens (tertiary/aromatic N) is 3. The quantitative estimate of drug-likeness (QED) is 0.249. The van der Waals surface area contributed by atoms with E-state index in [1.165, 1.54) is 23.0 Å². The van der Waals surface area contributed by atoms with Crippen LogP contribution in [0.3, 0.4) is 0 Å². The Morgan fingerprint density at radius 1 is 1.11 bits per heavy atom. The number of carboxylic acid groups (broad SMARTS) is 1. The van der Waals surface area contributed by atoms with Crippen LogP contribution in [0, 0.1) is 13.8 Å². The predicted octanol–water partition coefficient (Wildman–Crippen LogP) is 5.35. The summed E-state index contributed by atoms with van der Waals surface area (Å²) in [6, 6.07) is 12.9. The second-order valence-electron chi connectivity index (χ2n) is 10.3. The minimum absolute atomic E-state index is 0.167. The Labute approximate surface area is 263 Å². The summed E-state index contributed by atoms with van der Waals surface area (Å²) in [5, 5.41) is 9.72. The van der Waals surface area contributed by atoms with Gasteiger partial charge in [0.25, 0.3) is 5.56 Å². The number of methoxy groups -OCH3 is 1. The summed E-state index contributed by atoms with van der Waals surface area (Å²) in [5.41, 5.74) is 4.73. The van der Waals surface area contributed by atoms with Gasteiger partial charge in [0.1, 0.15) is 11.8 Å². The van der Waals surface area contributed by atoms with E-state index in [1.54, 1.807) is 49.4 Å². The van der Waals surface area contributed by atoms with E-state index in [9.17, 15) is 19.5 Å². The van der Waals surface area contributed by atoms with Crippen LogP contribution in [0.15, 0.2) is 69.6 Å². The molecule has 0 saturated carbocycles. The van der Waals surface area contributed by atoms with Crippen molar-refractivity contribution in [2.24, 2.45) is 4.99 Å². The Balaban J connectivity index is 1.73. The van der Waals surface area contributed by atoms with Crippen LogP contribution in [-0.4, -0.2) is 39.9 Å². The predicted molar refractivity (Wildman–Crippen MR) is 170 cm³/mol. The summed E-state index contributed by atoms with van der Waals surface area (Å²) in [4.78, 5) is 44.3. The number of aromatic carboxylic acids is 1. The van der Waals surface area contributed by atoms with Crippen molar-refractivity contribution < 1.29 is 24.2 Å². The first-order valence-electron chi connectivity index (χ1n) is 14.2. The van der Waals surface area contributed by atoms with Crippen molar-refractivity contribution >= 4 is 41.0 Å². The maximum Gasteiger partial charge on any atom is 0.338 e. The van der Waals surface area contributed by atoms with Gasteiger partial charge in [0, 0.05) is 27.7 Å². The summed E-state index contributed by atoms with van der Waals surface area (Å²) in [6.45, 7) is 7.80. The third-order valence-electron chi connectivity index (χ3n) is 7.51. The number of fused-ring (bicyclic) bond motifs is 1. The zero-order valence-corrected chi connectivity index (χ0v) is 26.6. The average Bonchev–Trinajstić information content (AvgIpc) is 3.46. The monoisotopic (exact) mass is 633 g/mol. The minimum atomic E-state index is -0.990. The topological polar surface area (TPSA) is 112 Å². The van der Waals surface area contributed by atoms with Gasteiger partial charge in [-0.3, -0.25) is 9.36 Å². The molecule has 11 heteroatoms. The van der Waals surface area contributed by atoms with Crippen LogP contribution in [0.25, 0.3) is 11.8 Å². The van der Waals surface area contributed by atoms with Crippen molar-refractivity contribution in [3.63, 3.8) is 0 Å². The van der Waals surface area contributed by atoms with Gasteiger partial charge >= 0.3 is 11.9 Å². The van der Waals surface area contributed by atoms with Gasteiger partial charge in [0.05, 0.1) is 35.1 Å². The molecule has 228 valence electrons. The van der Waals surface area contributed by atoms with Crippen LogP contribution in [0.2, 0.25) is 5.02 Å². The number of carbonyl (C=O) groups is 2. The number of allylic oxidation sites excluding steroid dienone is 1. The highest BCUT2D eigenvalue weighted by atomic mass is 35.5. The number of esters is 1. The highest BCUT2D eigenvalue weighted by Crippen LogP contribution is 2.38. The van der Waals surface area contributed by atoms with Crippen LogP contribution in [-0.2, 0) is 9.53 Å². The molecule has 0 spiro atoms. The van der Waals surface area contributed by atoms with Crippen LogP contribution >= 0.6 is 22.9 Å². The number of halogens is 1. The fourth-order valence-electron chi connectivity index (χ4n) is 5.56. The molecule has 0 aliphatic carbocycles. The smallest absolute Gasteiger partial charge is 0.338 e. The second kappa shape index (κ2) is 12.7. The summed E-state index contributed by atoms with van der Waals surface area (Å²) in [7, 11) is 1.53. The summed E-state index contributed by atoms with van der Waals surface area (Å²) < 4.78 is 15.1. The van der Waals surface area contributed by atoms with E-state index in [-0.39, 0.29) is 23.3 Å². The van der Waals surface area contributed by atoms with Crippen LogP contribution in [0.1, 0.15) is 65.6 Å². The molecule has 1 aliphatic rings. The van der Waals surface area contributed by atoms with Crippen molar-refractivity contribution in [3.05, 3.63) is 113 Å². The molecule has 0 unspecified atom stereocenters. The molecule has 1 atom stereocenters. The Hall–Kier alpha value is -4.41. The fourth-order valence-corrected chi connectivity index (χ4v) is 6.75. The number of aryl methyl sites for hydroxylation is 1. The largest absolute Gasteiger partial charge is 0.496 e. The molecule has 5 rings (SSSR count). The third-order valence-corrected chi connectivity index (χ3v) is 8.73. The van der Waals surface area contributed by atoms with Crippen LogP contribution < -0.4 is 19.6 Å². The van der Waals surface area contributed by atoms with E-state index in [1.807, 2.05) is 37.5 Å². The molecule has 0 radical (unpaired) electrons. The van der Waals surface area contributed by atoms with E-state index in [0.29, 0.717) is 37.8 Å². The minimum Gasteiger partial charge on any atom is -0.496 e. The van der Waals surface area contributed by atoms with Gasteiger partial charge in [-0.15, -0.1) is 0 Å². The van der Waals surface area contributed by atoms with Gasteiger partial charge in [0.2, 0.25) is 0 Å². The maximum absolute atomic E-state index is 14.2. The van der Waals surface area contributed by atoms with Gasteiger partial charge in [-0.25, -0.2) is 14.6 Å². The lowest BCUT2D eigenvalue weighted by Crippen LogP contribution is -2.40. The SMILES string of the molecule is CCCC1=C(C(=O)OCC)[C@H](c2cc(Cl)ccc2OC)n2c(s/c(=C/c3cc(C)n(-c4ccc(C(=O)O)cc4)c3C)c2=O)=N1. The van der Waals surface area contributed by atoms with E-state index in [4.69, 9.17) is 26.1 Å². The summed E-state index contributed by atoms with van der Waals surface area (Å²) >= 11 is 7.68. The van der Waals surface area contributed by atoms with Crippen molar-refractivity contribution in [1.82, 2.24) is 9.13 Å². The molecule has 1 aliphatic heterocycles. The fraction of sp³-hybridized carbons (Fsp3) is 0.273. The number of benzene rings is 2. The molecule has 0 bridgehead atoms. The van der Waals surface area contributed by atoms with Gasteiger partial charge in [-0.1, -0.05) is 36.3 Å². The molecule has 2 aromatic heterocycles. The van der Waals surface area contributed by atoms with Gasteiger partial charge in [0.15, 0.2) is 4.80 Å². The average molecular weight is 634 g/mol. The second-order valence-corrected chi connectivity index (χ2v) is 11.8. The first-order valence-corrected chi connectivity index (χ1v) is 15.4. The first-order chi connectivity index (χ1) is 21.1. The molecule has 1 N–H and O–H groups in total. The molecule has 2 aromatic carbocycles. The normalized spacial score (nSPS) is 14.8. The molecular weight excluding hydrogens is 602 g/mol. The molecule has 4 aromatic rings. The summed E-state index contributed by atoms with van der Waals surface area (Å²) in [6.07, 6.45) is 3.07. The molecule has 0 saturated heterocycles. The van der Waals surface area contributed by atoms with Crippen molar-refractivity contribution in [2.45, 2.75) is 46.6 Å². The number of thiazole rings is 1. The standard InChI is InChI=1S/C33H32ClN3O6S/c1-6-8-25-28(32(41)43-7-2)29(24-17-22(34)11-14-26(24)42-5)37-30(38)27(44-33(37)35-25)16-21-15-18(3)36(19(21)4)23-12-9-20(10-13-23)31(39)40/h9-17,29H,6-8H2,1-5H3,(H,39,40)/b27-16+/t29-/m0/s1. The number of carbonyl (C=O) groups excluding carboxylic acids is 1. The van der Waals surface area contributed by atoms with E-state index in [2.05, 4.69) is 0 Å². The number of carboxylic acids is 1. The lowest BCUT2D eigenvalue weighted by atomic mass is 9.93. The van der Waals surface area contributed by atoms with Crippen molar-refractivity contribution in [2.75, 3.05) is 13.7 Å². The summed E-state index contributed by atoms with van der Waals surface area (Å²) in [5.74, 6) is -1.06. The van der Waals surface area contributed by atoms with Crippen molar-refractivity contribution in [3.8, 4) is 11.4 Å². The maximum atomic E-state index is 14.2. The van der Waals surface area contributed by atoms with Crippen LogP contribution in [0.4, 0.5) is 0 Å². The molecular formula is C33H32ClN3O6S. The van der Waals surface area contributed by atoms with Crippen LogP contribution in [0.5, 0.6) is 5.75 Å². The van der Waals surface area contributed by atoms with Gasteiger partial charge in [-0.2, -0.15) is 0 Å². The lowest BCUT2D eigenvalue weighted by molar-refractivity contribution is -0.139. The molecule has 44 heavy (non-hydrogen) atoms. The molecule has 0 fully saturated rings. The zero-order chi connectivity index (χ0) is 31.7.